The third-order valence-corrected chi connectivity index (χ3v) is 4.96. The molecule has 0 aromatic carbocycles. The molecule has 1 fully saturated rings. The van der Waals surface area contributed by atoms with Gasteiger partial charge in [-0.15, -0.1) is 0 Å². The highest BCUT2D eigenvalue weighted by atomic mass is 35.5. The summed E-state index contributed by atoms with van der Waals surface area (Å²) in [6.07, 6.45) is 2.41. The second-order valence-corrected chi connectivity index (χ2v) is 7.03. The van der Waals surface area contributed by atoms with Crippen LogP contribution in [0.25, 0.3) is 0 Å². The Hall–Kier alpha value is -0.850. The molecule has 0 aliphatic heterocycles. The smallest absolute Gasteiger partial charge is 0.242 e. The molecule has 5 nitrogen and oxygen atoms in total. The monoisotopic (exact) mass is 303 g/mol. The Labute approximate surface area is 118 Å². The quantitative estimate of drug-likeness (QED) is 0.844. The lowest BCUT2D eigenvalue weighted by Gasteiger charge is -2.09. The van der Waals surface area contributed by atoms with Gasteiger partial charge in [-0.05, 0) is 31.2 Å². The first kappa shape index (κ1) is 14.6. The third kappa shape index (κ3) is 3.58. The topological polar surface area (TPSA) is 71.1 Å². The van der Waals surface area contributed by atoms with Crippen LogP contribution < -0.4 is 10.0 Å². The molecule has 106 valence electrons. The van der Waals surface area contributed by atoms with E-state index in [1.54, 1.807) is 0 Å². The third-order valence-electron chi connectivity index (χ3n) is 3.28. The molecule has 1 aliphatic carbocycles. The molecule has 1 aliphatic rings. The van der Waals surface area contributed by atoms with Crippen molar-refractivity contribution in [2.45, 2.75) is 25.2 Å². The molecule has 2 rings (SSSR count). The summed E-state index contributed by atoms with van der Waals surface area (Å²) in [7, 11) is -3.52. The van der Waals surface area contributed by atoms with Crippen LogP contribution in [0.4, 0.5) is 5.82 Å². The number of hydrogen-bond acceptors (Lipinski definition) is 4. The van der Waals surface area contributed by atoms with E-state index in [0.717, 1.165) is 6.42 Å². The van der Waals surface area contributed by atoms with Crippen LogP contribution in [-0.2, 0) is 10.0 Å². The van der Waals surface area contributed by atoms with E-state index in [4.69, 9.17) is 11.6 Å². The first-order valence-corrected chi connectivity index (χ1v) is 8.19. The molecule has 1 aromatic heterocycles. The van der Waals surface area contributed by atoms with Gasteiger partial charge in [-0.3, -0.25) is 0 Å². The zero-order chi connectivity index (χ0) is 14.0. The first-order chi connectivity index (χ1) is 8.94. The van der Waals surface area contributed by atoms with E-state index in [1.165, 1.54) is 12.3 Å². The van der Waals surface area contributed by atoms with E-state index in [2.05, 4.69) is 21.9 Å². The molecule has 0 amide bonds. The molecule has 1 heterocycles. The Kier molecular flexibility index (Phi) is 4.32. The van der Waals surface area contributed by atoms with E-state index < -0.39 is 10.0 Å². The van der Waals surface area contributed by atoms with Crippen molar-refractivity contribution in [3.05, 3.63) is 17.3 Å². The van der Waals surface area contributed by atoms with Crippen LogP contribution in [0.5, 0.6) is 0 Å². The summed E-state index contributed by atoms with van der Waals surface area (Å²) in [5.41, 5.74) is 0. The Morgan fingerprint density at radius 1 is 1.53 bits per heavy atom. The van der Waals surface area contributed by atoms with Crippen LogP contribution in [0.15, 0.2) is 17.2 Å². The van der Waals surface area contributed by atoms with Crippen LogP contribution in [-0.4, -0.2) is 26.5 Å². The van der Waals surface area contributed by atoms with Gasteiger partial charge in [0.25, 0.3) is 0 Å². The van der Waals surface area contributed by atoms with Gasteiger partial charge in [-0.25, -0.2) is 18.1 Å². The Bertz CT molecular complexity index is 562. The number of pyridine rings is 1. The fourth-order valence-corrected chi connectivity index (χ4v) is 3.21. The van der Waals surface area contributed by atoms with Crippen LogP contribution in [0, 0.1) is 11.8 Å². The van der Waals surface area contributed by atoms with Crippen LogP contribution in [0.1, 0.15) is 20.3 Å². The molecular formula is C12H18ClN3O2S. The van der Waals surface area contributed by atoms with Crippen molar-refractivity contribution < 1.29 is 8.42 Å². The highest BCUT2D eigenvalue weighted by Crippen LogP contribution is 2.37. The molecule has 2 atom stereocenters. The van der Waals surface area contributed by atoms with Crippen molar-refractivity contribution in [2.75, 3.05) is 18.4 Å². The standard InChI is InChI=1S/C12H18ClN3O2S/c1-3-14-12-11(13)5-10(7-15-12)19(17,18)16-6-9-4-8(9)2/h5,7-9,16H,3-4,6H2,1-2H3,(H,14,15). The highest BCUT2D eigenvalue weighted by molar-refractivity contribution is 7.89. The van der Waals surface area contributed by atoms with Gasteiger partial charge in [0, 0.05) is 19.3 Å². The Morgan fingerprint density at radius 3 is 2.74 bits per heavy atom. The van der Waals surface area contributed by atoms with Gasteiger partial charge in [0.2, 0.25) is 10.0 Å². The number of sulfonamides is 1. The molecule has 0 saturated heterocycles. The number of nitrogens with one attached hydrogen (secondary N) is 2. The second kappa shape index (κ2) is 5.64. The Balaban J connectivity index is 2.09. The summed E-state index contributed by atoms with van der Waals surface area (Å²) in [4.78, 5) is 4.13. The summed E-state index contributed by atoms with van der Waals surface area (Å²) in [6.45, 7) is 5.19. The number of aromatic nitrogens is 1. The van der Waals surface area contributed by atoms with E-state index >= 15 is 0 Å². The molecular weight excluding hydrogens is 286 g/mol. The number of hydrogen-bond donors (Lipinski definition) is 2. The minimum absolute atomic E-state index is 0.104. The van der Waals surface area contributed by atoms with E-state index in [9.17, 15) is 8.42 Å². The van der Waals surface area contributed by atoms with Crippen LogP contribution in [0.3, 0.4) is 0 Å². The van der Waals surface area contributed by atoms with Crippen LogP contribution in [0.2, 0.25) is 5.02 Å². The van der Waals surface area contributed by atoms with Gasteiger partial charge in [-0.1, -0.05) is 18.5 Å². The minimum atomic E-state index is -3.52. The van der Waals surface area contributed by atoms with Gasteiger partial charge >= 0.3 is 0 Å². The predicted octanol–water partition coefficient (Wildman–Crippen LogP) is 2.10. The average molecular weight is 304 g/mol. The van der Waals surface area contributed by atoms with Crippen molar-refractivity contribution >= 4 is 27.4 Å². The molecule has 0 radical (unpaired) electrons. The van der Waals surface area contributed by atoms with Crippen molar-refractivity contribution in [3.8, 4) is 0 Å². The lowest BCUT2D eigenvalue weighted by atomic mass is 10.3. The summed E-state index contributed by atoms with van der Waals surface area (Å²) in [6, 6.07) is 1.42. The maximum absolute atomic E-state index is 12.1. The summed E-state index contributed by atoms with van der Waals surface area (Å²) in [5.74, 6) is 1.57. The van der Waals surface area contributed by atoms with Gasteiger partial charge in [0.15, 0.2) is 0 Å². The fraction of sp³-hybridized carbons (Fsp3) is 0.583. The largest absolute Gasteiger partial charge is 0.369 e. The zero-order valence-corrected chi connectivity index (χ0v) is 12.6. The first-order valence-electron chi connectivity index (χ1n) is 6.33. The van der Waals surface area contributed by atoms with Crippen molar-refractivity contribution in [1.82, 2.24) is 9.71 Å². The normalized spacial score (nSPS) is 22.3. The van der Waals surface area contributed by atoms with Crippen molar-refractivity contribution in [1.29, 1.82) is 0 Å². The van der Waals surface area contributed by atoms with Gasteiger partial charge in [0.05, 0.1) is 5.02 Å². The SMILES string of the molecule is CCNc1ncc(S(=O)(=O)NCC2CC2C)cc1Cl. The molecule has 19 heavy (non-hydrogen) atoms. The van der Waals surface area contributed by atoms with Crippen molar-refractivity contribution in [2.24, 2.45) is 11.8 Å². The van der Waals surface area contributed by atoms with E-state index in [0.29, 0.717) is 35.8 Å². The van der Waals surface area contributed by atoms with Crippen molar-refractivity contribution in [3.63, 3.8) is 0 Å². The number of halogens is 1. The summed E-state index contributed by atoms with van der Waals surface area (Å²) in [5, 5.41) is 3.27. The number of rotatable bonds is 6. The van der Waals surface area contributed by atoms with E-state index in [1.807, 2.05) is 6.92 Å². The summed E-state index contributed by atoms with van der Waals surface area (Å²) >= 11 is 6.00. The molecule has 0 bridgehead atoms. The van der Waals surface area contributed by atoms with Gasteiger partial charge in [0.1, 0.15) is 10.7 Å². The summed E-state index contributed by atoms with van der Waals surface area (Å²) < 4.78 is 26.7. The van der Waals surface area contributed by atoms with Gasteiger partial charge < -0.3 is 5.32 Å². The Morgan fingerprint density at radius 2 is 2.21 bits per heavy atom. The van der Waals surface area contributed by atoms with Gasteiger partial charge in [-0.2, -0.15) is 0 Å². The molecule has 1 aromatic rings. The molecule has 0 spiro atoms. The minimum Gasteiger partial charge on any atom is -0.369 e. The maximum Gasteiger partial charge on any atom is 0.242 e. The molecule has 2 unspecified atom stereocenters. The fourth-order valence-electron chi connectivity index (χ4n) is 1.85. The molecule has 7 heteroatoms. The average Bonchev–Trinajstić information content (AvgIpc) is 3.06. The van der Waals surface area contributed by atoms with E-state index in [-0.39, 0.29) is 4.90 Å². The lowest BCUT2D eigenvalue weighted by molar-refractivity contribution is 0.574. The number of anilines is 1. The molecule has 2 N–H and O–H groups in total. The zero-order valence-electron chi connectivity index (χ0n) is 11.0. The maximum atomic E-state index is 12.1. The van der Waals surface area contributed by atoms with Crippen LogP contribution >= 0.6 is 11.6 Å². The highest BCUT2D eigenvalue weighted by Gasteiger charge is 2.33. The predicted molar refractivity (Wildman–Crippen MR) is 75.9 cm³/mol. The second-order valence-electron chi connectivity index (χ2n) is 4.86. The lowest BCUT2D eigenvalue weighted by Crippen LogP contribution is -2.26. The molecule has 1 saturated carbocycles. The number of nitrogens with zero attached hydrogens (tertiary/aromatic N) is 1.